The van der Waals surface area contributed by atoms with Crippen LogP contribution in [0.5, 0.6) is 5.75 Å². The van der Waals surface area contributed by atoms with Crippen molar-refractivity contribution in [2.75, 3.05) is 5.32 Å². The van der Waals surface area contributed by atoms with Crippen molar-refractivity contribution in [3.05, 3.63) is 84.8 Å². The smallest absolute Gasteiger partial charge is 0.230 e. The molecule has 0 aliphatic heterocycles. The van der Waals surface area contributed by atoms with Crippen molar-refractivity contribution in [1.29, 1.82) is 0 Å². The first-order valence-electron chi connectivity index (χ1n) is 9.16. The Morgan fingerprint density at radius 2 is 1.93 bits per heavy atom. The summed E-state index contributed by atoms with van der Waals surface area (Å²) in [6, 6.07) is 16.8. The van der Waals surface area contributed by atoms with Crippen LogP contribution in [0.2, 0.25) is 0 Å². The second-order valence-corrected chi connectivity index (χ2v) is 6.50. The topological polar surface area (TPSA) is 82.2 Å². The number of benzene rings is 2. The van der Waals surface area contributed by atoms with Gasteiger partial charge in [-0.2, -0.15) is 0 Å². The molecule has 0 fully saturated rings. The van der Waals surface area contributed by atoms with Gasteiger partial charge in [0.05, 0.1) is 12.1 Å². The molecule has 0 unspecified atom stereocenters. The van der Waals surface area contributed by atoms with Crippen molar-refractivity contribution >= 4 is 11.6 Å². The number of aryl methyl sites for hydroxylation is 1. The molecule has 29 heavy (non-hydrogen) atoms. The van der Waals surface area contributed by atoms with E-state index in [0.29, 0.717) is 29.6 Å². The molecule has 2 aromatic heterocycles. The molecule has 4 rings (SSSR count). The van der Waals surface area contributed by atoms with E-state index in [1.807, 2.05) is 60.3 Å². The average Bonchev–Trinajstić information content (AvgIpc) is 3.37. The SMILES string of the molecule is Cn1ccnc1COc1ccc(NC(=O)Cc2coc(-c3ccccc3)n2)cc1. The Hall–Kier alpha value is -3.87. The molecule has 0 saturated carbocycles. The fraction of sp³-hybridized carbons (Fsp3) is 0.136. The van der Waals surface area contributed by atoms with E-state index in [-0.39, 0.29) is 12.3 Å². The van der Waals surface area contributed by atoms with Crippen LogP contribution in [-0.2, 0) is 24.9 Å². The van der Waals surface area contributed by atoms with E-state index in [0.717, 1.165) is 11.4 Å². The molecule has 1 N–H and O–H groups in total. The second kappa shape index (κ2) is 8.43. The maximum Gasteiger partial charge on any atom is 0.230 e. The van der Waals surface area contributed by atoms with E-state index in [2.05, 4.69) is 15.3 Å². The van der Waals surface area contributed by atoms with Gasteiger partial charge in [-0.05, 0) is 36.4 Å². The Morgan fingerprint density at radius 3 is 2.66 bits per heavy atom. The Kier molecular flexibility index (Phi) is 5.38. The number of carbonyl (C=O) groups is 1. The van der Waals surface area contributed by atoms with E-state index in [1.54, 1.807) is 18.3 Å². The van der Waals surface area contributed by atoms with Crippen LogP contribution in [0.15, 0.2) is 77.7 Å². The first-order chi connectivity index (χ1) is 14.2. The average molecular weight is 388 g/mol. The number of imidazole rings is 1. The second-order valence-electron chi connectivity index (χ2n) is 6.50. The summed E-state index contributed by atoms with van der Waals surface area (Å²) in [5, 5.41) is 2.85. The van der Waals surface area contributed by atoms with Crippen molar-refractivity contribution in [2.45, 2.75) is 13.0 Å². The first-order valence-corrected chi connectivity index (χ1v) is 9.16. The number of hydrogen-bond donors (Lipinski definition) is 1. The summed E-state index contributed by atoms with van der Waals surface area (Å²) >= 11 is 0. The van der Waals surface area contributed by atoms with Gasteiger partial charge in [0, 0.05) is 30.7 Å². The van der Waals surface area contributed by atoms with Crippen LogP contribution in [0.1, 0.15) is 11.5 Å². The lowest BCUT2D eigenvalue weighted by Crippen LogP contribution is -2.14. The van der Waals surface area contributed by atoms with Crippen LogP contribution < -0.4 is 10.1 Å². The van der Waals surface area contributed by atoms with Gasteiger partial charge in [0.15, 0.2) is 0 Å². The largest absolute Gasteiger partial charge is 0.486 e. The van der Waals surface area contributed by atoms with Gasteiger partial charge in [0.1, 0.15) is 24.4 Å². The van der Waals surface area contributed by atoms with Gasteiger partial charge in [-0.3, -0.25) is 4.79 Å². The molecule has 7 heteroatoms. The number of oxazole rings is 1. The zero-order valence-electron chi connectivity index (χ0n) is 15.9. The minimum Gasteiger partial charge on any atom is -0.486 e. The summed E-state index contributed by atoms with van der Waals surface area (Å²) in [6.45, 7) is 0.380. The highest BCUT2D eigenvalue weighted by atomic mass is 16.5. The summed E-state index contributed by atoms with van der Waals surface area (Å²) in [5.41, 5.74) is 2.14. The number of carbonyl (C=O) groups excluding carboxylic acids is 1. The van der Waals surface area contributed by atoms with E-state index < -0.39 is 0 Å². The third-order valence-corrected chi connectivity index (χ3v) is 4.34. The summed E-state index contributed by atoms with van der Waals surface area (Å²) in [5.74, 6) is 1.88. The summed E-state index contributed by atoms with van der Waals surface area (Å²) in [4.78, 5) is 20.9. The molecular formula is C22H20N4O3. The normalized spacial score (nSPS) is 10.7. The maximum atomic E-state index is 12.3. The van der Waals surface area contributed by atoms with Crippen molar-refractivity contribution in [3.8, 4) is 17.2 Å². The predicted octanol–water partition coefficient (Wildman–Crippen LogP) is 3.84. The van der Waals surface area contributed by atoms with Crippen LogP contribution in [-0.4, -0.2) is 20.4 Å². The zero-order valence-corrected chi connectivity index (χ0v) is 15.9. The molecule has 0 radical (unpaired) electrons. The molecule has 2 aromatic carbocycles. The number of amides is 1. The van der Waals surface area contributed by atoms with E-state index in [1.165, 1.54) is 6.26 Å². The Morgan fingerprint density at radius 1 is 1.14 bits per heavy atom. The van der Waals surface area contributed by atoms with Gasteiger partial charge < -0.3 is 19.0 Å². The molecule has 146 valence electrons. The highest BCUT2D eigenvalue weighted by Crippen LogP contribution is 2.19. The van der Waals surface area contributed by atoms with Gasteiger partial charge in [-0.25, -0.2) is 9.97 Å². The van der Waals surface area contributed by atoms with Crippen LogP contribution in [0.4, 0.5) is 5.69 Å². The molecule has 1 amide bonds. The molecule has 0 bridgehead atoms. The number of anilines is 1. The molecule has 2 heterocycles. The van der Waals surface area contributed by atoms with Crippen LogP contribution in [0.3, 0.4) is 0 Å². The van der Waals surface area contributed by atoms with Crippen molar-refractivity contribution < 1.29 is 13.9 Å². The van der Waals surface area contributed by atoms with Gasteiger partial charge in [0.2, 0.25) is 11.8 Å². The third kappa shape index (κ3) is 4.70. The lowest BCUT2D eigenvalue weighted by atomic mass is 10.2. The standard InChI is InChI=1S/C22H20N4O3/c1-26-12-11-23-20(26)15-28-19-9-7-17(8-10-19)24-21(27)13-18-14-29-22(25-18)16-5-3-2-4-6-16/h2-12,14H,13,15H2,1H3,(H,24,27). The quantitative estimate of drug-likeness (QED) is 0.520. The number of ether oxygens (including phenoxy) is 1. The molecule has 0 spiro atoms. The number of aromatic nitrogens is 3. The molecule has 4 aromatic rings. The van der Waals surface area contributed by atoms with Crippen LogP contribution in [0.25, 0.3) is 11.5 Å². The van der Waals surface area contributed by atoms with Crippen molar-refractivity contribution in [2.24, 2.45) is 7.05 Å². The summed E-state index contributed by atoms with van der Waals surface area (Å²) in [7, 11) is 1.92. The molecule has 0 aliphatic rings. The number of nitrogens with one attached hydrogen (secondary N) is 1. The van der Waals surface area contributed by atoms with E-state index in [4.69, 9.17) is 9.15 Å². The first kappa shape index (κ1) is 18.5. The van der Waals surface area contributed by atoms with Gasteiger partial charge in [-0.15, -0.1) is 0 Å². The highest BCUT2D eigenvalue weighted by Gasteiger charge is 2.11. The third-order valence-electron chi connectivity index (χ3n) is 4.34. The Labute approximate surface area is 168 Å². The molecule has 0 atom stereocenters. The minimum atomic E-state index is -0.167. The lowest BCUT2D eigenvalue weighted by molar-refractivity contribution is -0.115. The van der Waals surface area contributed by atoms with Gasteiger partial charge in [0.25, 0.3) is 0 Å². The molecular weight excluding hydrogens is 368 g/mol. The fourth-order valence-electron chi connectivity index (χ4n) is 2.79. The molecule has 0 aliphatic carbocycles. The Bertz CT molecular complexity index is 1080. The van der Waals surface area contributed by atoms with Gasteiger partial charge >= 0.3 is 0 Å². The highest BCUT2D eigenvalue weighted by molar-refractivity contribution is 5.92. The number of nitrogens with zero attached hydrogens (tertiary/aromatic N) is 3. The number of rotatable bonds is 7. The zero-order chi connectivity index (χ0) is 20.1. The summed E-state index contributed by atoms with van der Waals surface area (Å²) < 4.78 is 13.1. The van der Waals surface area contributed by atoms with E-state index >= 15 is 0 Å². The van der Waals surface area contributed by atoms with Crippen molar-refractivity contribution in [1.82, 2.24) is 14.5 Å². The fourth-order valence-corrected chi connectivity index (χ4v) is 2.79. The summed E-state index contributed by atoms with van der Waals surface area (Å²) in [6.07, 6.45) is 5.24. The molecule has 7 nitrogen and oxygen atoms in total. The Balaban J connectivity index is 1.30. The molecule has 0 saturated heterocycles. The van der Waals surface area contributed by atoms with E-state index in [9.17, 15) is 4.79 Å². The number of hydrogen-bond acceptors (Lipinski definition) is 5. The minimum absolute atomic E-state index is 0.133. The van der Waals surface area contributed by atoms with Crippen LogP contribution >= 0.6 is 0 Å². The van der Waals surface area contributed by atoms with Gasteiger partial charge in [-0.1, -0.05) is 18.2 Å². The maximum absolute atomic E-state index is 12.3. The lowest BCUT2D eigenvalue weighted by Gasteiger charge is -2.08. The van der Waals surface area contributed by atoms with Crippen molar-refractivity contribution in [3.63, 3.8) is 0 Å². The monoisotopic (exact) mass is 388 g/mol. The predicted molar refractivity (Wildman–Crippen MR) is 108 cm³/mol. The van der Waals surface area contributed by atoms with Crippen LogP contribution in [0, 0.1) is 0 Å².